The minimum absolute atomic E-state index is 0.0781. The van der Waals surface area contributed by atoms with Crippen LogP contribution < -0.4 is 10.6 Å². The third kappa shape index (κ3) is 3.75. The summed E-state index contributed by atoms with van der Waals surface area (Å²) in [5.41, 5.74) is 5.18. The summed E-state index contributed by atoms with van der Waals surface area (Å²) in [5, 5.41) is 13.6. The quantitative estimate of drug-likeness (QED) is 0.320. The number of benzene rings is 1. The number of hydrogen-bond donors (Lipinski definition) is 4. The summed E-state index contributed by atoms with van der Waals surface area (Å²) in [6, 6.07) is 9.19. The van der Waals surface area contributed by atoms with Gasteiger partial charge in [0.2, 0.25) is 5.91 Å². The molecule has 0 atom stereocenters. The van der Waals surface area contributed by atoms with Crippen molar-refractivity contribution in [1.82, 2.24) is 35.5 Å². The predicted octanol–water partition coefficient (Wildman–Crippen LogP) is 3.52. The van der Waals surface area contributed by atoms with E-state index in [1.165, 1.54) is 0 Å². The first-order valence-electron chi connectivity index (χ1n) is 10.8. The van der Waals surface area contributed by atoms with Crippen molar-refractivity contribution in [2.75, 3.05) is 12.4 Å². The van der Waals surface area contributed by atoms with E-state index in [-0.39, 0.29) is 17.7 Å². The van der Waals surface area contributed by atoms with E-state index in [2.05, 4.69) is 40.8 Å². The van der Waals surface area contributed by atoms with E-state index >= 15 is 0 Å². The average molecular weight is 454 g/mol. The van der Waals surface area contributed by atoms with Gasteiger partial charge in [0.1, 0.15) is 11.2 Å². The number of carbonyl (C=O) groups excluding carboxylic acids is 2. The molecule has 0 bridgehead atoms. The van der Waals surface area contributed by atoms with Gasteiger partial charge in [0.05, 0.1) is 28.4 Å². The second kappa shape index (κ2) is 8.39. The zero-order chi connectivity index (χ0) is 23.8. The number of nitrogens with zero attached hydrogens (tertiary/aromatic N) is 4. The number of H-pyrrole nitrogens is 2. The molecule has 4 N–H and O–H groups in total. The van der Waals surface area contributed by atoms with Crippen LogP contribution in [-0.2, 0) is 4.79 Å². The zero-order valence-electron chi connectivity index (χ0n) is 18.8. The minimum atomic E-state index is -0.212. The predicted molar refractivity (Wildman–Crippen MR) is 129 cm³/mol. The Morgan fingerprint density at radius 1 is 1.06 bits per heavy atom. The van der Waals surface area contributed by atoms with Gasteiger partial charge in [-0.3, -0.25) is 19.7 Å². The molecule has 0 saturated heterocycles. The standard InChI is InChI=1S/C24H22N8O2/c1-12(2)23(33)28-15-7-13(9-26-11-15)14-8-17-20(31-32-21(17)27-10-14)22-29-18-6-4-5-16(19(18)30-22)24(34)25-3/h4-12H,1-3H3,(H,25,34)(H,28,33)(H,29,30)(H,27,31,32). The Balaban J connectivity index is 1.56. The molecule has 10 heteroatoms. The third-order valence-electron chi connectivity index (χ3n) is 5.49. The van der Waals surface area contributed by atoms with Crippen LogP contribution in [0.25, 0.3) is 44.7 Å². The fourth-order valence-electron chi connectivity index (χ4n) is 3.66. The molecule has 0 fully saturated rings. The molecule has 4 aromatic heterocycles. The number of hydrogen-bond acceptors (Lipinski definition) is 6. The number of nitrogens with one attached hydrogen (secondary N) is 4. The van der Waals surface area contributed by atoms with E-state index in [9.17, 15) is 9.59 Å². The molecule has 5 rings (SSSR count). The van der Waals surface area contributed by atoms with Crippen LogP contribution in [-0.4, -0.2) is 49.0 Å². The SMILES string of the molecule is CNC(=O)c1cccc2[nH]c(-c3n[nH]c4ncc(-c5cncc(NC(=O)C(C)C)c5)cc34)nc12. The van der Waals surface area contributed by atoms with E-state index in [0.29, 0.717) is 33.9 Å². The number of para-hydroxylation sites is 1. The Bertz CT molecular complexity index is 1550. The molecular formula is C24H22N8O2. The number of amides is 2. The van der Waals surface area contributed by atoms with E-state index in [1.54, 1.807) is 37.8 Å². The minimum Gasteiger partial charge on any atom is -0.355 e. The van der Waals surface area contributed by atoms with Crippen LogP contribution in [0, 0.1) is 5.92 Å². The van der Waals surface area contributed by atoms with Gasteiger partial charge >= 0.3 is 0 Å². The van der Waals surface area contributed by atoms with E-state index < -0.39 is 0 Å². The molecule has 4 heterocycles. The number of rotatable bonds is 5. The molecule has 0 radical (unpaired) electrons. The molecule has 2 amide bonds. The van der Waals surface area contributed by atoms with Crippen LogP contribution in [0.5, 0.6) is 0 Å². The van der Waals surface area contributed by atoms with Crippen molar-refractivity contribution in [3.63, 3.8) is 0 Å². The Morgan fingerprint density at radius 2 is 1.88 bits per heavy atom. The van der Waals surface area contributed by atoms with Gasteiger partial charge in [-0.1, -0.05) is 19.9 Å². The van der Waals surface area contributed by atoms with Crippen LogP contribution >= 0.6 is 0 Å². The van der Waals surface area contributed by atoms with Crippen LogP contribution in [0.3, 0.4) is 0 Å². The lowest BCUT2D eigenvalue weighted by atomic mass is 10.1. The lowest BCUT2D eigenvalue weighted by Gasteiger charge is -2.09. The summed E-state index contributed by atoms with van der Waals surface area (Å²) in [4.78, 5) is 41.0. The first kappa shape index (κ1) is 21.3. The third-order valence-corrected chi connectivity index (χ3v) is 5.49. The second-order valence-electron chi connectivity index (χ2n) is 8.16. The topological polar surface area (TPSA) is 141 Å². The second-order valence-corrected chi connectivity index (χ2v) is 8.16. The summed E-state index contributed by atoms with van der Waals surface area (Å²) in [7, 11) is 1.58. The van der Waals surface area contributed by atoms with E-state index in [1.807, 2.05) is 32.0 Å². The summed E-state index contributed by atoms with van der Waals surface area (Å²) in [6.07, 6.45) is 5.04. The van der Waals surface area contributed by atoms with Crippen molar-refractivity contribution < 1.29 is 9.59 Å². The maximum Gasteiger partial charge on any atom is 0.253 e. The average Bonchev–Trinajstić information content (AvgIpc) is 3.47. The zero-order valence-corrected chi connectivity index (χ0v) is 18.8. The van der Waals surface area contributed by atoms with Crippen molar-refractivity contribution in [3.05, 3.63) is 54.5 Å². The molecule has 0 aliphatic carbocycles. The highest BCUT2D eigenvalue weighted by atomic mass is 16.2. The number of pyridine rings is 2. The Kier molecular flexibility index (Phi) is 5.25. The molecule has 0 aliphatic rings. The molecule has 1 aromatic carbocycles. The fourth-order valence-corrected chi connectivity index (χ4v) is 3.66. The van der Waals surface area contributed by atoms with Crippen LogP contribution in [0.4, 0.5) is 5.69 Å². The van der Waals surface area contributed by atoms with Crippen LogP contribution in [0.1, 0.15) is 24.2 Å². The summed E-state index contributed by atoms with van der Waals surface area (Å²) < 4.78 is 0. The van der Waals surface area contributed by atoms with E-state index in [4.69, 9.17) is 0 Å². The maximum atomic E-state index is 12.2. The first-order chi connectivity index (χ1) is 16.4. The number of fused-ring (bicyclic) bond motifs is 2. The van der Waals surface area contributed by atoms with Crippen molar-refractivity contribution in [1.29, 1.82) is 0 Å². The van der Waals surface area contributed by atoms with E-state index in [0.717, 1.165) is 22.0 Å². The van der Waals surface area contributed by atoms with Gasteiger partial charge in [-0.2, -0.15) is 5.10 Å². The van der Waals surface area contributed by atoms with Gasteiger partial charge in [-0.05, 0) is 24.3 Å². The van der Waals surface area contributed by atoms with Crippen LogP contribution in [0.2, 0.25) is 0 Å². The molecular weight excluding hydrogens is 432 g/mol. The lowest BCUT2D eigenvalue weighted by Crippen LogP contribution is -2.18. The maximum absolute atomic E-state index is 12.2. The number of aromatic nitrogens is 6. The number of aromatic amines is 2. The van der Waals surface area contributed by atoms with Gasteiger partial charge in [0.25, 0.3) is 5.91 Å². The Hall–Kier alpha value is -4.60. The van der Waals surface area contributed by atoms with Crippen molar-refractivity contribution in [2.24, 2.45) is 5.92 Å². The molecule has 0 aliphatic heterocycles. The van der Waals surface area contributed by atoms with Crippen molar-refractivity contribution in [2.45, 2.75) is 13.8 Å². The van der Waals surface area contributed by atoms with Gasteiger partial charge in [-0.15, -0.1) is 0 Å². The van der Waals surface area contributed by atoms with Gasteiger partial charge in [0.15, 0.2) is 11.5 Å². The monoisotopic (exact) mass is 454 g/mol. The first-order valence-corrected chi connectivity index (χ1v) is 10.8. The highest BCUT2D eigenvalue weighted by molar-refractivity contribution is 6.05. The Morgan fingerprint density at radius 3 is 2.68 bits per heavy atom. The number of anilines is 1. The Labute approximate surface area is 194 Å². The highest BCUT2D eigenvalue weighted by Gasteiger charge is 2.18. The summed E-state index contributed by atoms with van der Waals surface area (Å²) in [5.74, 6) is 0.0950. The molecule has 34 heavy (non-hydrogen) atoms. The highest BCUT2D eigenvalue weighted by Crippen LogP contribution is 2.30. The molecule has 170 valence electrons. The largest absolute Gasteiger partial charge is 0.355 e. The molecule has 10 nitrogen and oxygen atoms in total. The lowest BCUT2D eigenvalue weighted by molar-refractivity contribution is -0.118. The molecule has 0 spiro atoms. The van der Waals surface area contributed by atoms with Gasteiger partial charge in [0, 0.05) is 36.5 Å². The van der Waals surface area contributed by atoms with Crippen molar-refractivity contribution in [3.8, 4) is 22.6 Å². The molecule has 0 saturated carbocycles. The molecule has 0 unspecified atom stereocenters. The van der Waals surface area contributed by atoms with Gasteiger partial charge < -0.3 is 15.6 Å². The van der Waals surface area contributed by atoms with Crippen molar-refractivity contribution >= 4 is 39.6 Å². The summed E-state index contributed by atoms with van der Waals surface area (Å²) in [6.45, 7) is 3.67. The smallest absolute Gasteiger partial charge is 0.253 e. The number of imidazole rings is 1. The molecule has 5 aromatic rings. The number of carbonyl (C=O) groups is 2. The summed E-state index contributed by atoms with van der Waals surface area (Å²) >= 11 is 0. The normalized spacial score (nSPS) is 11.3. The van der Waals surface area contributed by atoms with Gasteiger partial charge in [-0.25, -0.2) is 9.97 Å². The van der Waals surface area contributed by atoms with Crippen LogP contribution in [0.15, 0.2) is 48.9 Å². The fraction of sp³-hybridized carbons (Fsp3) is 0.167.